The average Bonchev–Trinajstić information content (AvgIpc) is 2.60. The Labute approximate surface area is 139 Å². The summed E-state index contributed by atoms with van der Waals surface area (Å²) in [6.45, 7) is 1.29. The molecule has 0 aliphatic heterocycles. The van der Waals surface area contributed by atoms with Crippen molar-refractivity contribution in [2.45, 2.75) is 6.92 Å². The van der Waals surface area contributed by atoms with E-state index in [-0.39, 0.29) is 11.4 Å². The van der Waals surface area contributed by atoms with Gasteiger partial charge in [-0.15, -0.1) is 0 Å². The predicted octanol–water partition coefficient (Wildman–Crippen LogP) is 3.05. The second-order valence-electron chi connectivity index (χ2n) is 4.93. The van der Waals surface area contributed by atoms with Crippen molar-refractivity contribution in [3.63, 3.8) is 0 Å². The van der Waals surface area contributed by atoms with E-state index < -0.39 is 11.9 Å². The van der Waals surface area contributed by atoms with Crippen molar-refractivity contribution in [3.8, 4) is 5.75 Å². The molecule has 122 valence electrons. The van der Waals surface area contributed by atoms with Crippen LogP contribution in [0.5, 0.6) is 5.75 Å². The summed E-state index contributed by atoms with van der Waals surface area (Å²) in [4.78, 5) is 35.0. The maximum atomic E-state index is 12.0. The number of ketones is 1. The standard InChI is InChI=1S/C19H16O5/c1-13(20)17(19(22)23-2)12-14-8-10-16(11-9-14)24-18(21)15-6-4-3-5-7-15/h3-12H,1-2H3/b17-12-. The van der Waals surface area contributed by atoms with Crippen molar-refractivity contribution < 1.29 is 23.9 Å². The van der Waals surface area contributed by atoms with Crippen LogP contribution in [0.15, 0.2) is 60.2 Å². The molecule has 0 radical (unpaired) electrons. The number of carbonyl (C=O) groups excluding carboxylic acids is 3. The average molecular weight is 324 g/mol. The zero-order chi connectivity index (χ0) is 17.5. The third kappa shape index (κ3) is 4.39. The Morgan fingerprint density at radius 1 is 0.917 bits per heavy atom. The molecular weight excluding hydrogens is 308 g/mol. The highest BCUT2D eigenvalue weighted by Crippen LogP contribution is 2.17. The number of Topliss-reactive ketones (excluding diaryl/α,β-unsaturated/α-hetero) is 1. The van der Waals surface area contributed by atoms with Gasteiger partial charge >= 0.3 is 11.9 Å². The van der Waals surface area contributed by atoms with Gasteiger partial charge in [0, 0.05) is 0 Å². The van der Waals surface area contributed by atoms with Gasteiger partial charge in [0.15, 0.2) is 5.78 Å². The molecule has 0 aromatic heterocycles. The van der Waals surface area contributed by atoms with E-state index >= 15 is 0 Å². The number of hydrogen-bond acceptors (Lipinski definition) is 5. The van der Waals surface area contributed by atoms with E-state index in [1.54, 1.807) is 48.5 Å². The molecule has 0 N–H and O–H groups in total. The summed E-state index contributed by atoms with van der Waals surface area (Å²) in [5.41, 5.74) is 1.02. The van der Waals surface area contributed by atoms with Crippen molar-refractivity contribution in [2.24, 2.45) is 0 Å². The second kappa shape index (κ2) is 7.87. The summed E-state index contributed by atoms with van der Waals surface area (Å²) in [7, 11) is 1.21. The van der Waals surface area contributed by atoms with Gasteiger partial charge in [0.2, 0.25) is 0 Å². The molecular formula is C19H16O5. The van der Waals surface area contributed by atoms with Gasteiger partial charge in [-0.25, -0.2) is 9.59 Å². The van der Waals surface area contributed by atoms with Gasteiger partial charge in [-0.05, 0) is 42.8 Å². The predicted molar refractivity (Wildman–Crippen MR) is 88.5 cm³/mol. The number of ether oxygens (including phenoxy) is 2. The second-order valence-corrected chi connectivity index (χ2v) is 4.93. The molecule has 0 unspecified atom stereocenters. The summed E-state index contributed by atoms with van der Waals surface area (Å²) in [5, 5.41) is 0. The molecule has 0 amide bonds. The number of methoxy groups -OCH3 is 1. The lowest BCUT2D eigenvalue weighted by Gasteiger charge is -2.05. The van der Waals surface area contributed by atoms with Crippen LogP contribution in [0.2, 0.25) is 0 Å². The van der Waals surface area contributed by atoms with Crippen molar-refractivity contribution in [3.05, 3.63) is 71.3 Å². The van der Waals surface area contributed by atoms with E-state index in [0.717, 1.165) is 0 Å². The Bertz CT molecular complexity index is 773. The number of carbonyl (C=O) groups is 3. The molecule has 0 spiro atoms. The molecule has 0 atom stereocenters. The van der Waals surface area contributed by atoms with E-state index in [0.29, 0.717) is 16.9 Å². The Balaban J connectivity index is 2.14. The van der Waals surface area contributed by atoms with Crippen LogP contribution in [0.1, 0.15) is 22.8 Å². The van der Waals surface area contributed by atoms with Gasteiger partial charge in [-0.1, -0.05) is 30.3 Å². The lowest BCUT2D eigenvalue weighted by Crippen LogP contribution is -2.11. The maximum absolute atomic E-state index is 12.0. The summed E-state index contributed by atoms with van der Waals surface area (Å²) >= 11 is 0. The first-order chi connectivity index (χ1) is 11.5. The topological polar surface area (TPSA) is 69.7 Å². The van der Waals surface area contributed by atoms with Gasteiger partial charge in [-0.2, -0.15) is 0 Å². The number of rotatable bonds is 5. The molecule has 0 saturated heterocycles. The van der Waals surface area contributed by atoms with E-state index in [2.05, 4.69) is 4.74 Å². The Morgan fingerprint density at radius 2 is 1.54 bits per heavy atom. The zero-order valence-corrected chi connectivity index (χ0v) is 13.3. The monoisotopic (exact) mass is 324 g/mol. The molecule has 24 heavy (non-hydrogen) atoms. The van der Waals surface area contributed by atoms with Gasteiger partial charge in [0.25, 0.3) is 0 Å². The first kappa shape index (κ1) is 17.1. The van der Waals surface area contributed by atoms with Crippen LogP contribution >= 0.6 is 0 Å². The fourth-order valence-corrected chi connectivity index (χ4v) is 1.95. The Hall–Kier alpha value is -3.21. The molecule has 5 nitrogen and oxygen atoms in total. The molecule has 2 aromatic rings. The fraction of sp³-hybridized carbons (Fsp3) is 0.105. The molecule has 0 aliphatic rings. The van der Waals surface area contributed by atoms with Crippen LogP contribution in [0, 0.1) is 0 Å². The smallest absolute Gasteiger partial charge is 0.343 e. The Morgan fingerprint density at radius 3 is 2.08 bits per heavy atom. The molecule has 5 heteroatoms. The SMILES string of the molecule is COC(=O)/C(=C\c1ccc(OC(=O)c2ccccc2)cc1)C(C)=O. The minimum Gasteiger partial charge on any atom is -0.465 e. The normalized spacial score (nSPS) is 10.8. The maximum Gasteiger partial charge on any atom is 0.343 e. The third-order valence-corrected chi connectivity index (χ3v) is 3.20. The van der Waals surface area contributed by atoms with Crippen LogP contribution in [0.25, 0.3) is 6.08 Å². The van der Waals surface area contributed by atoms with Crippen LogP contribution in [0.3, 0.4) is 0 Å². The van der Waals surface area contributed by atoms with Crippen molar-refractivity contribution in [2.75, 3.05) is 7.11 Å². The fourth-order valence-electron chi connectivity index (χ4n) is 1.95. The molecule has 2 aromatic carbocycles. The number of hydrogen-bond donors (Lipinski definition) is 0. The van der Waals surface area contributed by atoms with E-state index in [9.17, 15) is 14.4 Å². The molecule has 2 rings (SSSR count). The summed E-state index contributed by atoms with van der Waals surface area (Å²) in [5.74, 6) is -1.18. The summed E-state index contributed by atoms with van der Waals surface area (Å²) in [6.07, 6.45) is 1.43. The highest BCUT2D eigenvalue weighted by Gasteiger charge is 2.14. The summed E-state index contributed by atoms with van der Waals surface area (Å²) in [6, 6.07) is 15.1. The van der Waals surface area contributed by atoms with Crippen LogP contribution in [0.4, 0.5) is 0 Å². The molecule has 0 heterocycles. The lowest BCUT2D eigenvalue weighted by molar-refractivity contribution is -0.137. The van der Waals surface area contributed by atoms with E-state index in [1.165, 1.54) is 20.1 Å². The highest BCUT2D eigenvalue weighted by molar-refractivity contribution is 6.19. The minimum absolute atomic E-state index is 0.0495. The van der Waals surface area contributed by atoms with Crippen molar-refractivity contribution >= 4 is 23.8 Å². The van der Waals surface area contributed by atoms with Gasteiger partial charge in [0.1, 0.15) is 11.3 Å². The van der Waals surface area contributed by atoms with E-state index in [4.69, 9.17) is 4.74 Å². The van der Waals surface area contributed by atoms with Crippen molar-refractivity contribution in [1.82, 2.24) is 0 Å². The first-order valence-corrected chi connectivity index (χ1v) is 7.19. The van der Waals surface area contributed by atoms with Crippen molar-refractivity contribution in [1.29, 1.82) is 0 Å². The summed E-state index contributed by atoms with van der Waals surface area (Å²) < 4.78 is 9.83. The Kier molecular flexibility index (Phi) is 5.63. The van der Waals surface area contributed by atoms with Crippen LogP contribution in [-0.4, -0.2) is 24.8 Å². The largest absolute Gasteiger partial charge is 0.465 e. The number of esters is 2. The molecule has 0 saturated carbocycles. The quantitative estimate of drug-likeness (QED) is 0.278. The van der Waals surface area contributed by atoms with Crippen LogP contribution < -0.4 is 4.74 Å². The highest BCUT2D eigenvalue weighted by atomic mass is 16.5. The number of benzene rings is 2. The molecule has 0 bridgehead atoms. The third-order valence-electron chi connectivity index (χ3n) is 3.20. The van der Waals surface area contributed by atoms with Gasteiger partial charge in [0.05, 0.1) is 12.7 Å². The lowest BCUT2D eigenvalue weighted by atomic mass is 10.1. The van der Waals surface area contributed by atoms with Gasteiger partial charge < -0.3 is 9.47 Å². The van der Waals surface area contributed by atoms with Gasteiger partial charge in [-0.3, -0.25) is 4.79 Å². The first-order valence-electron chi connectivity index (χ1n) is 7.19. The van der Waals surface area contributed by atoms with E-state index in [1.807, 2.05) is 6.07 Å². The molecule has 0 fully saturated rings. The molecule has 0 aliphatic carbocycles. The zero-order valence-electron chi connectivity index (χ0n) is 13.3. The van der Waals surface area contributed by atoms with Crippen LogP contribution in [-0.2, 0) is 14.3 Å². The minimum atomic E-state index is -0.693.